The van der Waals surface area contributed by atoms with Crippen LogP contribution in [-0.2, 0) is 0 Å². The minimum Gasteiger partial charge on any atom is -0.344 e. The van der Waals surface area contributed by atoms with E-state index in [9.17, 15) is 4.79 Å². The Morgan fingerprint density at radius 1 is 1.22 bits per heavy atom. The Morgan fingerprint density at radius 2 is 2.00 bits per heavy atom. The number of hydrogen-bond acceptors (Lipinski definition) is 4. The quantitative estimate of drug-likeness (QED) is 0.583. The van der Waals surface area contributed by atoms with E-state index in [0.29, 0.717) is 5.69 Å². The van der Waals surface area contributed by atoms with Gasteiger partial charge in [-0.2, -0.15) is 5.10 Å². The average Bonchev–Trinajstić information content (AvgIpc) is 3.29. The van der Waals surface area contributed by atoms with Crippen molar-refractivity contribution in [3.63, 3.8) is 0 Å². The van der Waals surface area contributed by atoms with Crippen LogP contribution in [0.2, 0.25) is 0 Å². The van der Waals surface area contributed by atoms with Gasteiger partial charge >= 0.3 is 0 Å². The molecule has 7 heteroatoms. The molecule has 0 aliphatic heterocycles. The molecule has 1 N–H and O–H groups in total. The molecule has 0 radical (unpaired) electrons. The van der Waals surface area contributed by atoms with Gasteiger partial charge in [-0.15, -0.1) is 11.3 Å². The van der Waals surface area contributed by atoms with Crippen molar-refractivity contribution in [1.29, 1.82) is 0 Å². The first-order valence-electron chi connectivity index (χ1n) is 8.81. The zero-order valence-electron chi connectivity index (χ0n) is 15.7. The zero-order valence-corrected chi connectivity index (χ0v) is 16.5. The van der Waals surface area contributed by atoms with Crippen LogP contribution in [0.4, 0.5) is 0 Å². The summed E-state index contributed by atoms with van der Waals surface area (Å²) in [5.41, 5.74) is 5.53. The summed E-state index contributed by atoms with van der Waals surface area (Å²) in [6, 6.07) is 7.96. The Labute approximate surface area is 161 Å². The van der Waals surface area contributed by atoms with E-state index in [0.717, 1.165) is 33.2 Å². The minimum atomic E-state index is -0.168. The SMILES string of the molecule is Cc1ccccc1-n1ncc(C(C)NC(=O)c2c(C)nc3sccn23)c1C. The van der Waals surface area contributed by atoms with E-state index < -0.39 is 0 Å². The van der Waals surface area contributed by atoms with Crippen LogP contribution in [0.25, 0.3) is 10.6 Å². The average molecular weight is 379 g/mol. The number of carbonyl (C=O) groups excluding carboxylic acids is 1. The van der Waals surface area contributed by atoms with Crippen LogP contribution < -0.4 is 5.32 Å². The summed E-state index contributed by atoms with van der Waals surface area (Å²) in [5.74, 6) is -0.131. The molecule has 3 aromatic heterocycles. The van der Waals surface area contributed by atoms with Gasteiger partial charge in [-0.25, -0.2) is 9.67 Å². The number of aromatic nitrogens is 4. The molecule has 0 aliphatic rings. The van der Waals surface area contributed by atoms with Gasteiger partial charge < -0.3 is 5.32 Å². The first-order chi connectivity index (χ1) is 13.0. The number of carbonyl (C=O) groups is 1. The van der Waals surface area contributed by atoms with E-state index in [1.807, 2.05) is 65.8 Å². The molecule has 0 saturated heterocycles. The summed E-state index contributed by atoms with van der Waals surface area (Å²) >= 11 is 1.52. The lowest BCUT2D eigenvalue weighted by Crippen LogP contribution is -2.28. The van der Waals surface area contributed by atoms with Crippen molar-refractivity contribution < 1.29 is 4.79 Å². The van der Waals surface area contributed by atoms with Crippen LogP contribution in [0.5, 0.6) is 0 Å². The fourth-order valence-electron chi connectivity index (χ4n) is 3.40. The predicted octanol–water partition coefficient (Wildman–Crippen LogP) is 4.00. The Hall–Kier alpha value is -2.93. The molecule has 1 aromatic carbocycles. The number of nitrogens with zero attached hydrogens (tertiary/aromatic N) is 4. The maximum absolute atomic E-state index is 12.9. The van der Waals surface area contributed by atoms with Gasteiger partial charge in [0.15, 0.2) is 4.96 Å². The van der Waals surface area contributed by atoms with Crippen molar-refractivity contribution in [2.24, 2.45) is 0 Å². The van der Waals surface area contributed by atoms with E-state index in [-0.39, 0.29) is 11.9 Å². The maximum atomic E-state index is 12.9. The van der Waals surface area contributed by atoms with Gasteiger partial charge in [0.05, 0.1) is 23.6 Å². The maximum Gasteiger partial charge on any atom is 0.270 e. The predicted molar refractivity (Wildman–Crippen MR) is 107 cm³/mol. The van der Waals surface area contributed by atoms with Crippen molar-refractivity contribution in [1.82, 2.24) is 24.5 Å². The monoisotopic (exact) mass is 379 g/mol. The third-order valence-electron chi connectivity index (χ3n) is 4.86. The number of amides is 1. The van der Waals surface area contributed by atoms with Crippen molar-refractivity contribution in [2.75, 3.05) is 0 Å². The summed E-state index contributed by atoms with van der Waals surface area (Å²) < 4.78 is 3.76. The topological polar surface area (TPSA) is 64.2 Å². The van der Waals surface area contributed by atoms with Gasteiger partial charge in [0.25, 0.3) is 5.91 Å². The van der Waals surface area contributed by atoms with Crippen LogP contribution >= 0.6 is 11.3 Å². The largest absolute Gasteiger partial charge is 0.344 e. The molecule has 4 rings (SSSR count). The van der Waals surface area contributed by atoms with Crippen LogP contribution in [0, 0.1) is 20.8 Å². The standard InChI is InChI=1S/C20H21N5OS/c1-12-7-5-6-8-17(12)25-15(4)16(11-21-25)13(2)22-19(26)18-14(3)23-20-24(18)9-10-27-20/h5-11,13H,1-4H3,(H,22,26). The fraction of sp³-hybridized carbons (Fsp3) is 0.250. The molecule has 1 atom stereocenters. The van der Waals surface area contributed by atoms with Crippen LogP contribution in [0.15, 0.2) is 42.0 Å². The Kier molecular flexibility index (Phi) is 4.31. The lowest BCUT2D eigenvalue weighted by atomic mass is 10.1. The molecule has 0 spiro atoms. The first kappa shape index (κ1) is 17.5. The molecule has 0 saturated carbocycles. The Morgan fingerprint density at radius 3 is 2.78 bits per heavy atom. The minimum absolute atomic E-state index is 0.131. The lowest BCUT2D eigenvalue weighted by molar-refractivity contribution is 0.0933. The van der Waals surface area contributed by atoms with Gasteiger partial charge in [-0.3, -0.25) is 9.20 Å². The van der Waals surface area contributed by atoms with Crippen molar-refractivity contribution >= 4 is 22.2 Å². The molecule has 138 valence electrons. The number of nitrogens with one attached hydrogen (secondary N) is 1. The van der Waals surface area contributed by atoms with Gasteiger partial charge in [0.2, 0.25) is 0 Å². The molecule has 0 aliphatic carbocycles. The number of imidazole rings is 1. The van der Waals surface area contributed by atoms with Gasteiger partial charge in [0.1, 0.15) is 5.69 Å². The van der Waals surface area contributed by atoms with E-state index in [4.69, 9.17) is 0 Å². The second kappa shape index (κ2) is 6.66. The fourth-order valence-corrected chi connectivity index (χ4v) is 4.16. The number of hydrogen-bond donors (Lipinski definition) is 1. The summed E-state index contributed by atoms with van der Waals surface area (Å²) in [7, 11) is 0. The molecule has 0 fully saturated rings. The van der Waals surface area contributed by atoms with E-state index in [1.165, 1.54) is 11.3 Å². The first-order valence-corrected chi connectivity index (χ1v) is 9.69. The molecular weight excluding hydrogens is 358 g/mol. The van der Waals surface area contributed by atoms with Gasteiger partial charge in [-0.05, 0) is 39.3 Å². The Bertz CT molecular complexity index is 1140. The smallest absolute Gasteiger partial charge is 0.270 e. The van der Waals surface area contributed by atoms with Crippen LogP contribution in [-0.4, -0.2) is 25.1 Å². The van der Waals surface area contributed by atoms with E-state index >= 15 is 0 Å². The molecule has 1 amide bonds. The summed E-state index contributed by atoms with van der Waals surface area (Å²) in [6.07, 6.45) is 3.71. The number of fused-ring (bicyclic) bond motifs is 1. The van der Waals surface area contributed by atoms with E-state index in [2.05, 4.69) is 28.4 Å². The zero-order chi connectivity index (χ0) is 19.1. The lowest BCUT2D eigenvalue weighted by Gasteiger charge is -2.15. The number of aryl methyl sites for hydroxylation is 2. The second-order valence-electron chi connectivity index (χ2n) is 6.68. The number of para-hydroxylation sites is 1. The highest BCUT2D eigenvalue weighted by Gasteiger charge is 2.21. The molecule has 27 heavy (non-hydrogen) atoms. The summed E-state index contributed by atoms with van der Waals surface area (Å²) in [5, 5.41) is 9.57. The highest BCUT2D eigenvalue weighted by Crippen LogP contribution is 2.23. The normalized spacial score (nSPS) is 12.4. The third-order valence-corrected chi connectivity index (χ3v) is 5.61. The highest BCUT2D eigenvalue weighted by molar-refractivity contribution is 7.15. The second-order valence-corrected chi connectivity index (χ2v) is 7.55. The number of benzene rings is 1. The number of rotatable bonds is 4. The molecule has 3 heterocycles. The Balaban J connectivity index is 1.61. The summed E-state index contributed by atoms with van der Waals surface area (Å²) in [4.78, 5) is 18.1. The van der Waals surface area contributed by atoms with Crippen molar-refractivity contribution in [3.8, 4) is 5.69 Å². The summed E-state index contributed by atoms with van der Waals surface area (Å²) in [6.45, 7) is 7.93. The van der Waals surface area contributed by atoms with Crippen molar-refractivity contribution in [3.05, 3.63) is 70.2 Å². The highest BCUT2D eigenvalue weighted by atomic mass is 32.1. The van der Waals surface area contributed by atoms with Crippen LogP contribution in [0.3, 0.4) is 0 Å². The molecular formula is C20H21N5OS. The van der Waals surface area contributed by atoms with Crippen LogP contribution in [0.1, 0.15) is 46.0 Å². The van der Waals surface area contributed by atoms with Gasteiger partial charge in [-0.1, -0.05) is 18.2 Å². The molecule has 1 unspecified atom stereocenters. The molecule has 4 aromatic rings. The molecule has 0 bridgehead atoms. The van der Waals surface area contributed by atoms with Gasteiger partial charge in [0, 0.05) is 22.8 Å². The third kappa shape index (κ3) is 2.94. The van der Waals surface area contributed by atoms with Crippen molar-refractivity contribution in [2.45, 2.75) is 33.7 Å². The number of thiazole rings is 1. The molecule has 6 nitrogen and oxygen atoms in total. The van der Waals surface area contributed by atoms with E-state index in [1.54, 1.807) is 0 Å².